The van der Waals surface area contributed by atoms with Crippen molar-refractivity contribution in [3.8, 4) is 5.75 Å². The molecule has 0 saturated carbocycles. The molecule has 3 aromatic carbocycles. The van der Waals surface area contributed by atoms with Crippen LogP contribution in [-0.2, 0) is 16.2 Å². The first-order valence-corrected chi connectivity index (χ1v) is 9.97. The molecule has 2 N–H and O–H groups in total. The van der Waals surface area contributed by atoms with E-state index in [9.17, 15) is 9.59 Å². The number of rotatable bonds is 6. The van der Waals surface area contributed by atoms with Gasteiger partial charge in [-0.05, 0) is 60.5 Å². The molecule has 0 spiro atoms. The minimum absolute atomic E-state index is 0.483. The number of anilines is 1. The van der Waals surface area contributed by atoms with Crippen LogP contribution in [0, 0.1) is 6.92 Å². The molecule has 3 rings (SSSR count). The number of benzene rings is 3. The first-order valence-electron chi connectivity index (χ1n) is 9.18. The Kier molecular flexibility index (Phi) is 7.34. The van der Waals surface area contributed by atoms with Crippen LogP contribution in [-0.4, -0.2) is 18.0 Å². The monoisotopic (exact) mass is 465 g/mol. The molecule has 0 aliphatic carbocycles. The van der Waals surface area contributed by atoms with Gasteiger partial charge in [-0.2, -0.15) is 5.10 Å². The summed E-state index contributed by atoms with van der Waals surface area (Å²) in [4.78, 5) is 23.7. The van der Waals surface area contributed by atoms with Crippen molar-refractivity contribution in [1.82, 2.24) is 5.43 Å². The number of carbonyl (C=O) groups is 2. The molecular formula is C23H20BrN3O3. The molecule has 30 heavy (non-hydrogen) atoms. The van der Waals surface area contributed by atoms with Crippen molar-refractivity contribution >= 4 is 39.6 Å². The number of hydrazone groups is 1. The molecule has 0 aromatic heterocycles. The Morgan fingerprint density at radius 2 is 1.73 bits per heavy atom. The normalized spacial score (nSPS) is 10.6. The molecule has 7 heteroatoms. The largest absolute Gasteiger partial charge is 0.489 e. The predicted molar refractivity (Wildman–Crippen MR) is 120 cm³/mol. The Morgan fingerprint density at radius 1 is 1.00 bits per heavy atom. The number of nitrogens with one attached hydrogen (secondary N) is 2. The zero-order valence-corrected chi connectivity index (χ0v) is 17.8. The molecule has 0 heterocycles. The van der Waals surface area contributed by atoms with Crippen LogP contribution in [0.25, 0.3) is 0 Å². The molecule has 0 radical (unpaired) electrons. The second-order valence-electron chi connectivity index (χ2n) is 6.51. The van der Waals surface area contributed by atoms with E-state index >= 15 is 0 Å². The fourth-order valence-electron chi connectivity index (χ4n) is 2.47. The zero-order chi connectivity index (χ0) is 21.3. The highest BCUT2D eigenvalue weighted by molar-refractivity contribution is 9.10. The van der Waals surface area contributed by atoms with E-state index in [4.69, 9.17) is 4.74 Å². The Hall–Kier alpha value is -3.45. The fourth-order valence-corrected chi connectivity index (χ4v) is 2.87. The van der Waals surface area contributed by atoms with E-state index in [1.165, 1.54) is 11.8 Å². The molecule has 0 bridgehead atoms. The third-order valence-corrected chi connectivity index (χ3v) is 4.57. The van der Waals surface area contributed by atoms with E-state index in [1.54, 1.807) is 18.2 Å². The molecule has 2 amide bonds. The minimum Gasteiger partial charge on any atom is -0.489 e. The minimum atomic E-state index is -0.857. The highest BCUT2D eigenvalue weighted by Crippen LogP contribution is 2.16. The highest BCUT2D eigenvalue weighted by Gasteiger charge is 2.12. The Balaban J connectivity index is 1.46. The van der Waals surface area contributed by atoms with Gasteiger partial charge in [-0.25, -0.2) is 5.43 Å². The Labute approximate surface area is 183 Å². The van der Waals surface area contributed by atoms with Gasteiger partial charge in [0.2, 0.25) is 0 Å². The lowest BCUT2D eigenvalue weighted by Crippen LogP contribution is -2.32. The van der Waals surface area contributed by atoms with Crippen molar-refractivity contribution in [2.75, 3.05) is 5.32 Å². The van der Waals surface area contributed by atoms with Gasteiger partial charge >= 0.3 is 11.8 Å². The maximum Gasteiger partial charge on any atom is 0.329 e. The van der Waals surface area contributed by atoms with Gasteiger partial charge in [0.15, 0.2) is 0 Å². The number of hydrogen-bond donors (Lipinski definition) is 2. The van der Waals surface area contributed by atoms with Crippen molar-refractivity contribution < 1.29 is 14.3 Å². The Bertz CT molecular complexity index is 1050. The number of ether oxygens (including phenoxy) is 1. The van der Waals surface area contributed by atoms with Crippen LogP contribution >= 0.6 is 15.9 Å². The standard InChI is InChI=1S/C23H20BrN3O3/c1-16-5-7-18(8-6-16)15-30-21-11-9-17(10-12-21)14-25-27-23(29)22(28)26-20-4-2-3-19(24)13-20/h2-14H,15H2,1H3,(H,26,28)(H,27,29)/b25-14-. The van der Waals surface area contributed by atoms with Crippen LogP contribution in [0.3, 0.4) is 0 Å². The molecule has 0 fully saturated rings. The summed E-state index contributed by atoms with van der Waals surface area (Å²) in [6.45, 7) is 2.53. The summed E-state index contributed by atoms with van der Waals surface area (Å²) in [5, 5.41) is 6.32. The molecule has 0 aliphatic rings. The number of nitrogens with zero attached hydrogens (tertiary/aromatic N) is 1. The predicted octanol–water partition coefficient (Wildman–Crippen LogP) is 4.43. The molecule has 0 unspecified atom stereocenters. The highest BCUT2D eigenvalue weighted by atomic mass is 79.9. The molecule has 0 saturated heterocycles. The molecule has 152 valence electrons. The SMILES string of the molecule is Cc1ccc(COc2ccc(/C=N\NC(=O)C(=O)Nc3cccc(Br)c3)cc2)cc1. The van der Waals surface area contributed by atoms with E-state index < -0.39 is 11.8 Å². The van der Waals surface area contributed by atoms with Crippen LogP contribution in [0.15, 0.2) is 82.4 Å². The number of carbonyl (C=O) groups excluding carboxylic acids is 2. The lowest BCUT2D eigenvalue weighted by molar-refractivity contribution is -0.136. The average molecular weight is 466 g/mol. The van der Waals surface area contributed by atoms with E-state index in [1.807, 2.05) is 61.5 Å². The van der Waals surface area contributed by atoms with Gasteiger partial charge in [0.05, 0.1) is 6.21 Å². The summed E-state index contributed by atoms with van der Waals surface area (Å²) in [5.41, 5.74) is 5.77. The van der Waals surface area contributed by atoms with Gasteiger partial charge in [-0.15, -0.1) is 0 Å². The van der Waals surface area contributed by atoms with Crippen LogP contribution in [0.2, 0.25) is 0 Å². The second kappa shape index (κ2) is 10.4. The lowest BCUT2D eigenvalue weighted by atomic mass is 10.2. The van der Waals surface area contributed by atoms with Gasteiger partial charge < -0.3 is 10.1 Å². The molecule has 0 atom stereocenters. The topological polar surface area (TPSA) is 79.8 Å². The van der Waals surface area contributed by atoms with Crippen LogP contribution in [0.1, 0.15) is 16.7 Å². The smallest absolute Gasteiger partial charge is 0.329 e. The van der Waals surface area contributed by atoms with E-state index in [0.29, 0.717) is 12.3 Å². The maximum atomic E-state index is 11.9. The maximum absolute atomic E-state index is 11.9. The van der Waals surface area contributed by atoms with Crippen molar-refractivity contribution in [2.45, 2.75) is 13.5 Å². The number of hydrogen-bond acceptors (Lipinski definition) is 4. The summed E-state index contributed by atoms with van der Waals surface area (Å²) in [6.07, 6.45) is 1.45. The van der Waals surface area contributed by atoms with Crippen LogP contribution in [0.4, 0.5) is 5.69 Å². The lowest BCUT2D eigenvalue weighted by Gasteiger charge is -2.07. The quantitative estimate of drug-likeness (QED) is 0.321. The number of amides is 2. The zero-order valence-electron chi connectivity index (χ0n) is 16.3. The van der Waals surface area contributed by atoms with Gasteiger partial charge in [-0.1, -0.05) is 51.8 Å². The summed E-state index contributed by atoms with van der Waals surface area (Å²) in [7, 11) is 0. The summed E-state index contributed by atoms with van der Waals surface area (Å²) >= 11 is 3.30. The van der Waals surface area contributed by atoms with Crippen LogP contribution in [0.5, 0.6) is 5.75 Å². The third-order valence-electron chi connectivity index (χ3n) is 4.07. The van der Waals surface area contributed by atoms with Crippen molar-refractivity contribution in [2.24, 2.45) is 5.10 Å². The first kappa shape index (κ1) is 21.3. The molecule has 6 nitrogen and oxygen atoms in total. The molecule has 0 aliphatic heterocycles. The first-order chi connectivity index (χ1) is 14.5. The average Bonchev–Trinajstić information content (AvgIpc) is 2.74. The van der Waals surface area contributed by atoms with E-state index in [0.717, 1.165) is 21.3 Å². The summed E-state index contributed by atoms with van der Waals surface area (Å²) < 4.78 is 6.55. The van der Waals surface area contributed by atoms with E-state index in [2.05, 4.69) is 31.8 Å². The number of aryl methyl sites for hydroxylation is 1. The summed E-state index contributed by atoms with van der Waals surface area (Å²) in [5.74, 6) is -0.931. The molecule has 3 aromatic rings. The molecular weight excluding hydrogens is 446 g/mol. The van der Waals surface area contributed by atoms with Gasteiger partial charge in [0, 0.05) is 10.2 Å². The van der Waals surface area contributed by atoms with E-state index in [-0.39, 0.29) is 0 Å². The van der Waals surface area contributed by atoms with Gasteiger partial charge in [-0.3, -0.25) is 9.59 Å². The second-order valence-corrected chi connectivity index (χ2v) is 7.42. The number of halogens is 1. The van der Waals surface area contributed by atoms with Crippen LogP contribution < -0.4 is 15.5 Å². The van der Waals surface area contributed by atoms with Crippen molar-refractivity contribution in [3.63, 3.8) is 0 Å². The van der Waals surface area contributed by atoms with Gasteiger partial charge in [0.25, 0.3) is 0 Å². The summed E-state index contributed by atoms with van der Waals surface area (Å²) in [6, 6.07) is 22.4. The third kappa shape index (κ3) is 6.56. The van der Waals surface area contributed by atoms with Crippen molar-refractivity contribution in [3.05, 3.63) is 94.0 Å². The van der Waals surface area contributed by atoms with Gasteiger partial charge in [0.1, 0.15) is 12.4 Å². The van der Waals surface area contributed by atoms with Crippen molar-refractivity contribution in [1.29, 1.82) is 0 Å². The Morgan fingerprint density at radius 3 is 2.43 bits per heavy atom. The fraction of sp³-hybridized carbons (Fsp3) is 0.0870.